The molecule has 0 bridgehead atoms. The van der Waals surface area contributed by atoms with E-state index in [0.29, 0.717) is 12.4 Å². The standard InChI is InChI=1S/C26H33N7O.2C2HF3O2/c1-16-7-10-18(11-8-16)13-14-29-25(34)24-30-20-12-9-17(2)15-19(20)23(33-24)31-21-5-3-4-6-22(21)32-26(27)28;2*3-2(4,5)1(6)7/h7-12,15,21-22H,3-6,13-14H2,1-2H3,(H,29,34)(H4,27,28,32)(H,30,31,33);2*(H,6,7). The van der Waals surface area contributed by atoms with Crippen LogP contribution in [0.25, 0.3) is 10.9 Å². The fourth-order valence-corrected chi connectivity index (χ4v) is 4.41. The zero-order valence-electron chi connectivity index (χ0n) is 25.8. The second-order valence-electron chi connectivity index (χ2n) is 10.7. The zero-order valence-corrected chi connectivity index (χ0v) is 25.8. The number of nitrogens with one attached hydrogen (secondary N) is 2. The molecule has 4 rings (SSSR count). The van der Waals surface area contributed by atoms with Crippen molar-refractivity contribution in [2.24, 2.45) is 16.5 Å². The van der Waals surface area contributed by atoms with Crippen molar-refractivity contribution in [3.05, 3.63) is 65.0 Å². The van der Waals surface area contributed by atoms with Gasteiger partial charge in [-0.3, -0.25) is 4.79 Å². The van der Waals surface area contributed by atoms with Gasteiger partial charge in [-0.15, -0.1) is 0 Å². The predicted molar refractivity (Wildman–Crippen MR) is 164 cm³/mol. The van der Waals surface area contributed by atoms with Crippen molar-refractivity contribution in [2.75, 3.05) is 11.9 Å². The number of carboxylic acid groups (broad SMARTS) is 2. The Morgan fingerprint density at radius 1 is 0.875 bits per heavy atom. The lowest BCUT2D eigenvalue weighted by atomic mass is 9.90. The number of aromatic nitrogens is 2. The number of amides is 1. The maximum absolute atomic E-state index is 12.9. The van der Waals surface area contributed by atoms with Crippen molar-refractivity contribution >= 4 is 40.5 Å². The van der Waals surface area contributed by atoms with Gasteiger partial charge in [-0.05, 0) is 50.8 Å². The molecule has 2 atom stereocenters. The van der Waals surface area contributed by atoms with Crippen LogP contribution in [0.2, 0.25) is 0 Å². The van der Waals surface area contributed by atoms with E-state index in [1.54, 1.807) is 0 Å². The lowest BCUT2D eigenvalue weighted by Gasteiger charge is -2.30. The lowest BCUT2D eigenvalue weighted by molar-refractivity contribution is -0.193. The Morgan fingerprint density at radius 2 is 1.42 bits per heavy atom. The quantitative estimate of drug-likeness (QED) is 0.117. The highest BCUT2D eigenvalue weighted by atomic mass is 19.4. The van der Waals surface area contributed by atoms with E-state index >= 15 is 0 Å². The first-order chi connectivity index (χ1) is 22.3. The normalized spacial score (nSPS) is 15.9. The first-order valence-corrected chi connectivity index (χ1v) is 14.4. The number of hydrogen-bond donors (Lipinski definition) is 6. The molecular weight excluding hydrogens is 652 g/mol. The number of halogens is 6. The van der Waals surface area contributed by atoms with Gasteiger partial charge in [0, 0.05) is 11.9 Å². The maximum atomic E-state index is 12.9. The summed E-state index contributed by atoms with van der Waals surface area (Å²) >= 11 is 0. The summed E-state index contributed by atoms with van der Waals surface area (Å²) in [5, 5.41) is 21.6. The number of carbonyl (C=O) groups is 3. The summed E-state index contributed by atoms with van der Waals surface area (Å²) in [6.07, 6.45) is -5.42. The first kappa shape index (κ1) is 39.0. The van der Waals surface area contributed by atoms with Crippen LogP contribution < -0.4 is 22.1 Å². The topological polar surface area (TPSA) is 206 Å². The molecule has 1 aromatic heterocycles. The van der Waals surface area contributed by atoms with Crippen LogP contribution >= 0.6 is 0 Å². The number of rotatable bonds is 7. The molecule has 1 aliphatic carbocycles. The molecule has 1 saturated carbocycles. The van der Waals surface area contributed by atoms with Gasteiger partial charge in [-0.2, -0.15) is 26.3 Å². The minimum Gasteiger partial charge on any atom is -0.475 e. The monoisotopic (exact) mass is 687 g/mol. The second-order valence-corrected chi connectivity index (χ2v) is 10.7. The fraction of sp³-hybridized carbons (Fsp3) is 0.400. The number of fused-ring (bicyclic) bond motifs is 1. The van der Waals surface area contributed by atoms with Crippen LogP contribution in [0.1, 0.15) is 53.0 Å². The molecule has 1 fully saturated rings. The average molecular weight is 688 g/mol. The highest BCUT2D eigenvalue weighted by Gasteiger charge is 2.39. The van der Waals surface area contributed by atoms with Crippen molar-refractivity contribution in [3.8, 4) is 0 Å². The molecule has 1 heterocycles. The van der Waals surface area contributed by atoms with Crippen LogP contribution in [0.15, 0.2) is 47.5 Å². The van der Waals surface area contributed by atoms with E-state index in [1.165, 1.54) is 11.1 Å². The smallest absolute Gasteiger partial charge is 0.475 e. The van der Waals surface area contributed by atoms with Gasteiger partial charge in [0.25, 0.3) is 5.91 Å². The minimum atomic E-state index is -5.08. The largest absolute Gasteiger partial charge is 0.490 e. The van der Waals surface area contributed by atoms with E-state index in [0.717, 1.165) is 48.6 Å². The molecule has 48 heavy (non-hydrogen) atoms. The van der Waals surface area contributed by atoms with Gasteiger partial charge in [0.2, 0.25) is 5.82 Å². The molecule has 0 aliphatic heterocycles. The third-order valence-electron chi connectivity index (χ3n) is 6.73. The molecule has 2 aromatic carbocycles. The number of nitrogens with two attached hydrogens (primary N) is 2. The van der Waals surface area contributed by atoms with E-state index in [4.69, 9.17) is 31.3 Å². The third-order valence-corrected chi connectivity index (χ3v) is 6.73. The number of anilines is 1. The van der Waals surface area contributed by atoms with Gasteiger partial charge in [-0.25, -0.2) is 24.5 Å². The van der Waals surface area contributed by atoms with Crippen LogP contribution in [0.5, 0.6) is 0 Å². The van der Waals surface area contributed by atoms with E-state index in [-0.39, 0.29) is 29.8 Å². The number of nitrogens with zero attached hydrogens (tertiary/aromatic N) is 3. The SMILES string of the molecule is Cc1ccc(CCNC(=O)c2nc(NC3CCCCC3N=C(N)N)c3cc(C)ccc3n2)cc1.O=C(O)C(F)(F)F.O=C(O)C(F)(F)F. The Labute approximate surface area is 270 Å². The van der Waals surface area contributed by atoms with Crippen LogP contribution in [-0.4, -0.2) is 75.0 Å². The second kappa shape index (κ2) is 17.1. The van der Waals surface area contributed by atoms with Crippen molar-refractivity contribution in [1.29, 1.82) is 0 Å². The summed E-state index contributed by atoms with van der Waals surface area (Å²) in [4.78, 5) is 44.3. The van der Waals surface area contributed by atoms with Crippen molar-refractivity contribution < 1.29 is 50.9 Å². The number of guanidine groups is 1. The van der Waals surface area contributed by atoms with E-state index in [2.05, 4.69) is 56.8 Å². The van der Waals surface area contributed by atoms with Gasteiger partial charge >= 0.3 is 24.3 Å². The van der Waals surface area contributed by atoms with Gasteiger partial charge in [0.05, 0.1) is 17.6 Å². The van der Waals surface area contributed by atoms with Crippen molar-refractivity contribution in [2.45, 2.75) is 70.4 Å². The number of carboxylic acids is 2. The van der Waals surface area contributed by atoms with Crippen molar-refractivity contribution in [3.63, 3.8) is 0 Å². The number of carbonyl (C=O) groups excluding carboxylic acids is 1. The molecule has 0 radical (unpaired) electrons. The number of aliphatic imine (C=N–C) groups is 1. The third kappa shape index (κ3) is 12.9. The minimum absolute atomic E-state index is 0.0274. The molecule has 12 nitrogen and oxygen atoms in total. The number of alkyl halides is 6. The summed E-state index contributed by atoms with van der Waals surface area (Å²) in [6, 6.07) is 14.3. The molecule has 3 aromatic rings. The van der Waals surface area contributed by atoms with Crippen LogP contribution in [0, 0.1) is 13.8 Å². The number of aliphatic carboxylic acids is 2. The van der Waals surface area contributed by atoms with Crippen LogP contribution in [0.3, 0.4) is 0 Å². The first-order valence-electron chi connectivity index (χ1n) is 14.4. The maximum Gasteiger partial charge on any atom is 0.490 e. The summed E-state index contributed by atoms with van der Waals surface area (Å²) in [7, 11) is 0. The number of benzene rings is 2. The molecule has 1 aliphatic rings. The molecular formula is C30H35F6N7O5. The zero-order chi connectivity index (χ0) is 36.2. The van der Waals surface area contributed by atoms with Crippen LogP contribution in [0.4, 0.5) is 32.2 Å². The molecule has 0 saturated heterocycles. The lowest BCUT2D eigenvalue weighted by Crippen LogP contribution is -2.38. The van der Waals surface area contributed by atoms with E-state index in [1.807, 2.05) is 25.1 Å². The summed E-state index contributed by atoms with van der Waals surface area (Å²) < 4.78 is 63.5. The Morgan fingerprint density at radius 3 is 1.96 bits per heavy atom. The van der Waals surface area contributed by atoms with Gasteiger partial charge in [-0.1, -0.05) is 54.3 Å². The highest BCUT2D eigenvalue weighted by Crippen LogP contribution is 2.28. The average Bonchev–Trinajstić information content (AvgIpc) is 2.98. The molecule has 262 valence electrons. The molecule has 1 amide bonds. The van der Waals surface area contributed by atoms with E-state index < -0.39 is 24.3 Å². The van der Waals surface area contributed by atoms with E-state index in [9.17, 15) is 31.1 Å². The van der Waals surface area contributed by atoms with Gasteiger partial charge < -0.3 is 32.3 Å². The Hall–Kier alpha value is -5.16. The fourth-order valence-electron chi connectivity index (χ4n) is 4.41. The van der Waals surface area contributed by atoms with Gasteiger partial charge in [0.1, 0.15) is 5.82 Å². The Bertz CT molecular complexity index is 1570. The Kier molecular flexibility index (Phi) is 13.9. The Balaban J connectivity index is 0.000000479. The highest BCUT2D eigenvalue weighted by molar-refractivity contribution is 5.96. The molecule has 8 N–H and O–H groups in total. The number of hydrogen-bond acceptors (Lipinski definition) is 7. The summed E-state index contributed by atoms with van der Waals surface area (Å²) in [5.74, 6) is -4.92. The molecule has 2 unspecified atom stereocenters. The predicted octanol–water partition coefficient (Wildman–Crippen LogP) is 4.48. The number of aryl methyl sites for hydroxylation is 2. The summed E-state index contributed by atoms with van der Waals surface area (Å²) in [6.45, 7) is 4.59. The summed E-state index contributed by atoms with van der Waals surface area (Å²) in [5.41, 5.74) is 15.5. The molecule has 0 spiro atoms. The van der Waals surface area contributed by atoms with Crippen molar-refractivity contribution in [1.82, 2.24) is 15.3 Å². The van der Waals surface area contributed by atoms with Gasteiger partial charge in [0.15, 0.2) is 5.96 Å². The van der Waals surface area contributed by atoms with Crippen LogP contribution in [-0.2, 0) is 16.0 Å². The molecule has 18 heteroatoms.